The second kappa shape index (κ2) is 4.96. The van der Waals surface area contributed by atoms with E-state index in [4.69, 9.17) is 4.98 Å². The summed E-state index contributed by atoms with van der Waals surface area (Å²) in [6.45, 7) is 6.11. The van der Waals surface area contributed by atoms with E-state index in [0.29, 0.717) is 5.92 Å². The number of aliphatic hydroxyl groups is 1. The maximum Gasteiger partial charge on any atom is 0.137 e. The topological polar surface area (TPSA) is 61.3 Å². The Bertz CT molecular complexity index is 469. The van der Waals surface area contributed by atoms with Crippen molar-refractivity contribution in [3.8, 4) is 0 Å². The summed E-state index contributed by atoms with van der Waals surface area (Å²) in [4.78, 5) is 11.4. The fourth-order valence-electron chi connectivity index (χ4n) is 2.01. The van der Waals surface area contributed by atoms with Gasteiger partial charge in [0.2, 0.25) is 0 Å². The van der Waals surface area contributed by atoms with E-state index in [2.05, 4.69) is 10.3 Å². The second-order valence-corrected chi connectivity index (χ2v) is 5.93. The molecule has 19 heavy (non-hydrogen) atoms. The minimum atomic E-state index is -0.342. The van der Waals surface area contributed by atoms with Crippen molar-refractivity contribution >= 4 is 11.6 Å². The Kier molecular flexibility index (Phi) is 3.67. The predicted molar refractivity (Wildman–Crippen MR) is 77.9 cm³/mol. The third-order valence-corrected chi connectivity index (χ3v) is 3.93. The lowest BCUT2D eigenvalue weighted by Crippen LogP contribution is -2.45. The quantitative estimate of drug-likeness (QED) is 0.850. The standard InChI is InChI=1S/C14H24N4O/c1-9-11(15-4)16-12(10-6-7-10)17-13(9)18(5)14(2,3)8-19/h10,19H,6-8H2,1-5H3,(H,15,16,17). The van der Waals surface area contributed by atoms with Crippen molar-refractivity contribution in [1.82, 2.24) is 9.97 Å². The summed E-state index contributed by atoms with van der Waals surface area (Å²) in [5.41, 5.74) is 0.682. The first-order valence-corrected chi connectivity index (χ1v) is 6.81. The molecule has 1 saturated carbocycles. The molecule has 0 amide bonds. The van der Waals surface area contributed by atoms with Gasteiger partial charge in [0.15, 0.2) is 0 Å². The molecular weight excluding hydrogens is 240 g/mol. The second-order valence-electron chi connectivity index (χ2n) is 5.93. The Morgan fingerprint density at radius 1 is 1.37 bits per heavy atom. The highest BCUT2D eigenvalue weighted by atomic mass is 16.3. The van der Waals surface area contributed by atoms with Gasteiger partial charge in [-0.3, -0.25) is 0 Å². The summed E-state index contributed by atoms with van der Waals surface area (Å²) < 4.78 is 0. The number of hydrogen-bond donors (Lipinski definition) is 2. The van der Waals surface area contributed by atoms with Crippen molar-refractivity contribution in [2.75, 3.05) is 30.9 Å². The largest absolute Gasteiger partial charge is 0.394 e. The van der Waals surface area contributed by atoms with Gasteiger partial charge in [0, 0.05) is 25.6 Å². The summed E-state index contributed by atoms with van der Waals surface area (Å²) in [6, 6.07) is 0. The zero-order chi connectivity index (χ0) is 14.2. The molecule has 0 aromatic carbocycles. The fraction of sp³-hybridized carbons (Fsp3) is 0.714. The number of likely N-dealkylation sites (N-methyl/N-ethyl adjacent to an activating group) is 1. The Morgan fingerprint density at radius 3 is 2.47 bits per heavy atom. The molecule has 1 aliphatic carbocycles. The highest BCUT2D eigenvalue weighted by molar-refractivity contribution is 5.59. The van der Waals surface area contributed by atoms with Gasteiger partial charge < -0.3 is 15.3 Å². The number of aromatic nitrogens is 2. The number of aliphatic hydroxyl groups excluding tert-OH is 1. The molecule has 0 atom stereocenters. The van der Waals surface area contributed by atoms with Crippen LogP contribution in [0.25, 0.3) is 0 Å². The van der Waals surface area contributed by atoms with E-state index in [1.165, 1.54) is 12.8 Å². The Balaban J connectivity index is 2.45. The molecule has 0 radical (unpaired) electrons. The van der Waals surface area contributed by atoms with Crippen molar-refractivity contribution in [3.63, 3.8) is 0 Å². The minimum Gasteiger partial charge on any atom is -0.394 e. The van der Waals surface area contributed by atoms with E-state index in [9.17, 15) is 5.11 Å². The number of nitrogens with zero attached hydrogens (tertiary/aromatic N) is 3. The number of hydrogen-bond acceptors (Lipinski definition) is 5. The van der Waals surface area contributed by atoms with Gasteiger partial charge in [-0.2, -0.15) is 0 Å². The van der Waals surface area contributed by atoms with E-state index in [0.717, 1.165) is 23.0 Å². The molecule has 1 aromatic heterocycles. The van der Waals surface area contributed by atoms with Gasteiger partial charge in [0.05, 0.1) is 12.1 Å². The van der Waals surface area contributed by atoms with Crippen LogP contribution in [0.5, 0.6) is 0 Å². The lowest BCUT2D eigenvalue weighted by molar-refractivity contribution is 0.215. The highest BCUT2D eigenvalue weighted by Crippen LogP contribution is 2.40. The highest BCUT2D eigenvalue weighted by Gasteiger charge is 2.31. The van der Waals surface area contributed by atoms with Gasteiger partial charge in [0.1, 0.15) is 17.5 Å². The summed E-state index contributed by atoms with van der Waals surface area (Å²) in [5, 5.41) is 12.7. The Morgan fingerprint density at radius 2 is 2.00 bits per heavy atom. The molecule has 5 heteroatoms. The van der Waals surface area contributed by atoms with Crippen molar-refractivity contribution in [2.24, 2.45) is 0 Å². The van der Waals surface area contributed by atoms with Crippen LogP contribution in [0.1, 0.15) is 44.0 Å². The van der Waals surface area contributed by atoms with Gasteiger partial charge in [-0.1, -0.05) is 0 Å². The van der Waals surface area contributed by atoms with E-state index in [1.54, 1.807) is 0 Å². The SMILES string of the molecule is CNc1nc(C2CC2)nc(N(C)C(C)(C)CO)c1C. The summed E-state index contributed by atoms with van der Waals surface area (Å²) in [6.07, 6.45) is 2.36. The number of rotatable bonds is 5. The summed E-state index contributed by atoms with van der Waals surface area (Å²) >= 11 is 0. The molecule has 1 aromatic rings. The molecule has 106 valence electrons. The minimum absolute atomic E-state index is 0.0839. The third kappa shape index (κ3) is 2.66. The molecule has 1 aliphatic rings. The van der Waals surface area contributed by atoms with Crippen LogP contribution in [0, 0.1) is 6.92 Å². The maximum absolute atomic E-state index is 9.53. The van der Waals surface area contributed by atoms with Gasteiger partial charge >= 0.3 is 0 Å². The van der Waals surface area contributed by atoms with Crippen LogP contribution in [0.3, 0.4) is 0 Å². The van der Waals surface area contributed by atoms with E-state index in [1.807, 2.05) is 39.8 Å². The summed E-state index contributed by atoms with van der Waals surface area (Å²) in [5.74, 6) is 3.22. The Labute approximate surface area is 115 Å². The van der Waals surface area contributed by atoms with Crippen LogP contribution in [0.2, 0.25) is 0 Å². The predicted octanol–water partition coefficient (Wildman–Crippen LogP) is 1.91. The molecule has 0 unspecified atom stereocenters. The first-order chi connectivity index (χ1) is 8.90. The van der Waals surface area contributed by atoms with Crippen molar-refractivity contribution in [3.05, 3.63) is 11.4 Å². The first kappa shape index (κ1) is 14.1. The van der Waals surface area contributed by atoms with Crippen LogP contribution < -0.4 is 10.2 Å². The zero-order valence-corrected chi connectivity index (χ0v) is 12.5. The Hall–Kier alpha value is -1.36. The molecule has 2 rings (SSSR count). The van der Waals surface area contributed by atoms with Gasteiger partial charge in [-0.25, -0.2) is 9.97 Å². The molecule has 0 spiro atoms. The monoisotopic (exact) mass is 264 g/mol. The van der Waals surface area contributed by atoms with Crippen LogP contribution >= 0.6 is 0 Å². The zero-order valence-electron chi connectivity index (χ0n) is 12.5. The molecule has 2 N–H and O–H groups in total. The van der Waals surface area contributed by atoms with E-state index < -0.39 is 0 Å². The lowest BCUT2D eigenvalue weighted by Gasteiger charge is -2.36. The maximum atomic E-state index is 9.53. The third-order valence-electron chi connectivity index (χ3n) is 3.93. The molecule has 5 nitrogen and oxygen atoms in total. The molecule has 0 saturated heterocycles. The average molecular weight is 264 g/mol. The van der Waals surface area contributed by atoms with Crippen LogP contribution in [-0.2, 0) is 0 Å². The fourth-order valence-corrected chi connectivity index (χ4v) is 2.01. The normalized spacial score (nSPS) is 15.5. The van der Waals surface area contributed by atoms with Gasteiger partial charge in [-0.05, 0) is 33.6 Å². The van der Waals surface area contributed by atoms with Gasteiger partial charge in [0.25, 0.3) is 0 Å². The van der Waals surface area contributed by atoms with Crippen LogP contribution in [-0.4, -0.2) is 41.3 Å². The molecular formula is C14H24N4O. The van der Waals surface area contributed by atoms with Crippen molar-refractivity contribution in [1.29, 1.82) is 0 Å². The van der Waals surface area contributed by atoms with E-state index in [-0.39, 0.29) is 12.1 Å². The van der Waals surface area contributed by atoms with Crippen LogP contribution in [0.4, 0.5) is 11.6 Å². The van der Waals surface area contributed by atoms with Crippen molar-refractivity contribution < 1.29 is 5.11 Å². The summed E-state index contributed by atoms with van der Waals surface area (Å²) in [7, 11) is 3.86. The number of nitrogens with one attached hydrogen (secondary N) is 1. The molecule has 1 fully saturated rings. The van der Waals surface area contributed by atoms with Crippen molar-refractivity contribution in [2.45, 2.75) is 45.1 Å². The molecule has 0 bridgehead atoms. The van der Waals surface area contributed by atoms with Gasteiger partial charge in [-0.15, -0.1) is 0 Å². The van der Waals surface area contributed by atoms with E-state index >= 15 is 0 Å². The smallest absolute Gasteiger partial charge is 0.137 e. The van der Waals surface area contributed by atoms with Crippen LogP contribution in [0.15, 0.2) is 0 Å². The average Bonchev–Trinajstić information content (AvgIpc) is 3.22. The lowest BCUT2D eigenvalue weighted by atomic mass is 10.0. The molecule has 1 heterocycles. The molecule has 0 aliphatic heterocycles. The first-order valence-electron chi connectivity index (χ1n) is 6.81. The number of anilines is 2.